The Morgan fingerprint density at radius 1 is 0.532 bits per heavy atom. The van der Waals surface area contributed by atoms with E-state index in [1.807, 2.05) is 136 Å². The first kappa shape index (κ1) is 41.4. The molecule has 0 amide bonds. The fraction of sp³-hybridized carbons (Fsp3) is 0.0755. The quantitative estimate of drug-likeness (QED) is 0.126. The number of aromatic nitrogens is 5. The van der Waals surface area contributed by atoms with E-state index >= 15 is 0 Å². The van der Waals surface area contributed by atoms with Gasteiger partial charge in [0.1, 0.15) is 18.3 Å². The minimum atomic E-state index is 0. The van der Waals surface area contributed by atoms with Crippen LogP contribution in [0.15, 0.2) is 178 Å². The number of nitrogens with zero attached hydrogens (tertiary/aromatic N) is 5. The Kier molecular flexibility index (Phi) is 12.4. The standard InChI is InChI=1S/C18H14N2O.C18H12NO.C12H8NO.C5H5N.Ir/c1-12-9-10-14-13-6-5-7-15(17(13)21-18(14)19-12)16-8-3-4-11-20(16)2;1-12-8-9-13-14-5-4-6-15(16-7-2-3-10-19-16)18(14)20-17(13)11-12;1-8-6-7-10-9-4-2-3-5-11(9)14-12(10)13-8;1-2-4-6-5-3-1;/h3-6,8-11H,1-2H3;2-5,7-11H,1H3;2,4-7H,1H3;1-5H;/q;2*-1;;+3. The van der Waals surface area contributed by atoms with Crippen LogP contribution in [0.4, 0.5) is 0 Å². The van der Waals surface area contributed by atoms with Crippen LogP contribution in [-0.2, 0) is 27.2 Å². The van der Waals surface area contributed by atoms with Gasteiger partial charge in [-0.3, -0.25) is 4.98 Å². The van der Waals surface area contributed by atoms with E-state index < -0.39 is 0 Å². The largest absolute Gasteiger partial charge is 3.00 e. The van der Waals surface area contributed by atoms with Gasteiger partial charge in [-0.1, -0.05) is 58.1 Å². The third kappa shape index (κ3) is 8.63. The van der Waals surface area contributed by atoms with Crippen LogP contribution < -0.4 is 4.57 Å². The van der Waals surface area contributed by atoms with Crippen molar-refractivity contribution < 1.29 is 37.9 Å². The molecule has 12 rings (SSSR count). The summed E-state index contributed by atoms with van der Waals surface area (Å²) >= 11 is 0. The van der Waals surface area contributed by atoms with Gasteiger partial charge in [0.15, 0.2) is 6.20 Å². The summed E-state index contributed by atoms with van der Waals surface area (Å²) in [5.74, 6) is 0. The average Bonchev–Trinajstić information content (AvgIpc) is 3.98. The molecule has 8 nitrogen and oxygen atoms in total. The fourth-order valence-corrected chi connectivity index (χ4v) is 7.19. The Hall–Kier alpha value is -7.32. The van der Waals surface area contributed by atoms with Crippen molar-refractivity contribution >= 4 is 66.1 Å². The maximum Gasteiger partial charge on any atom is 3.00 e. The van der Waals surface area contributed by atoms with Crippen molar-refractivity contribution in [1.82, 2.24) is 19.9 Å². The second-order valence-corrected chi connectivity index (χ2v) is 14.5. The van der Waals surface area contributed by atoms with Crippen molar-refractivity contribution in [3.05, 3.63) is 199 Å². The Balaban J connectivity index is 0.000000121. The average molecular weight is 986 g/mol. The summed E-state index contributed by atoms with van der Waals surface area (Å²) < 4.78 is 19.7. The summed E-state index contributed by atoms with van der Waals surface area (Å²) in [5.41, 5.74) is 11.8. The molecule has 9 heteroatoms. The molecule has 0 unspecified atom stereocenters. The first-order chi connectivity index (χ1) is 29.9. The summed E-state index contributed by atoms with van der Waals surface area (Å²) in [5, 5.41) is 6.54. The van der Waals surface area contributed by atoms with Gasteiger partial charge in [-0.15, -0.1) is 42.5 Å². The molecule has 62 heavy (non-hydrogen) atoms. The minimum Gasteiger partial charge on any atom is -0.502 e. The van der Waals surface area contributed by atoms with E-state index in [1.54, 1.807) is 18.6 Å². The molecule has 4 aromatic carbocycles. The number of pyridine rings is 5. The summed E-state index contributed by atoms with van der Waals surface area (Å²) in [6, 6.07) is 55.3. The Morgan fingerprint density at radius 3 is 1.85 bits per heavy atom. The van der Waals surface area contributed by atoms with Crippen molar-refractivity contribution in [1.29, 1.82) is 0 Å². The molecule has 0 bridgehead atoms. The molecule has 8 aromatic heterocycles. The maximum atomic E-state index is 6.05. The monoisotopic (exact) mass is 986 g/mol. The topological polar surface area (TPSA) is 94.9 Å². The van der Waals surface area contributed by atoms with Gasteiger partial charge in [0, 0.05) is 57.8 Å². The molecule has 0 fully saturated rings. The van der Waals surface area contributed by atoms with E-state index in [1.165, 1.54) is 5.56 Å². The van der Waals surface area contributed by atoms with Gasteiger partial charge in [0.05, 0.1) is 11.2 Å². The number of rotatable bonds is 2. The molecule has 0 atom stereocenters. The van der Waals surface area contributed by atoms with Crippen molar-refractivity contribution in [3.8, 4) is 22.5 Å². The van der Waals surface area contributed by atoms with Gasteiger partial charge < -0.3 is 18.2 Å². The van der Waals surface area contributed by atoms with Gasteiger partial charge in [-0.2, -0.15) is 18.2 Å². The van der Waals surface area contributed by atoms with E-state index in [-0.39, 0.29) is 20.1 Å². The van der Waals surface area contributed by atoms with E-state index in [0.717, 1.165) is 88.6 Å². The number of fused-ring (bicyclic) bond motifs is 9. The van der Waals surface area contributed by atoms with Crippen LogP contribution >= 0.6 is 0 Å². The number of benzene rings is 4. The molecule has 302 valence electrons. The van der Waals surface area contributed by atoms with Gasteiger partial charge in [-0.05, 0) is 92.2 Å². The summed E-state index contributed by atoms with van der Waals surface area (Å²) in [7, 11) is 2.02. The Morgan fingerprint density at radius 2 is 1.16 bits per heavy atom. The summed E-state index contributed by atoms with van der Waals surface area (Å²) in [6.07, 6.45) is 7.31. The van der Waals surface area contributed by atoms with Gasteiger partial charge in [0.2, 0.25) is 11.4 Å². The molecule has 0 saturated carbocycles. The summed E-state index contributed by atoms with van der Waals surface area (Å²) in [6.45, 7) is 5.99. The summed E-state index contributed by atoms with van der Waals surface area (Å²) in [4.78, 5) is 17.0. The van der Waals surface area contributed by atoms with Crippen LogP contribution in [0, 0.1) is 39.0 Å². The van der Waals surface area contributed by atoms with Gasteiger partial charge >= 0.3 is 20.1 Å². The SMILES string of the molecule is Cc1ccc2c(c1)oc1c(-c3ccccn3)[c-]ccc12.Cc1ccc2c(n1)oc1c(-c3cccc[n+]3C)[c-]ccc12.Cc1ccc2c(n1)oc1c[c-]ccc12.[Ir+3].c1ccncc1. The molecule has 0 saturated heterocycles. The normalized spacial score (nSPS) is 10.8. The second kappa shape index (κ2) is 18.5. The minimum absolute atomic E-state index is 0. The molecule has 0 aliphatic rings. The Labute approximate surface area is 371 Å². The molecular weight excluding hydrogens is 947 g/mol. The molecule has 0 aliphatic heterocycles. The number of furan rings is 3. The molecule has 0 N–H and O–H groups in total. The van der Waals surface area contributed by atoms with Crippen LogP contribution in [0.25, 0.3) is 88.6 Å². The maximum absolute atomic E-state index is 6.05. The third-order valence-corrected chi connectivity index (χ3v) is 10.1. The number of hydrogen-bond donors (Lipinski definition) is 0. The van der Waals surface area contributed by atoms with Gasteiger partial charge in [-0.25, -0.2) is 14.5 Å². The molecule has 8 heterocycles. The molecule has 0 radical (unpaired) electrons. The van der Waals surface area contributed by atoms with Crippen LogP contribution in [0.3, 0.4) is 0 Å². The fourth-order valence-electron chi connectivity index (χ4n) is 7.19. The zero-order chi connectivity index (χ0) is 41.7. The predicted molar refractivity (Wildman–Crippen MR) is 242 cm³/mol. The van der Waals surface area contributed by atoms with Crippen LogP contribution in [0.2, 0.25) is 0 Å². The first-order valence-corrected chi connectivity index (χ1v) is 19.8. The molecule has 12 aromatic rings. The smallest absolute Gasteiger partial charge is 0.502 e. The number of hydrogen-bond acceptors (Lipinski definition) is 7. The second-order valence-electron chi connectivity index (χ2n) is 14.5. The zero-order valence-electron chi connectivity index (χ0n) is 34.4. The number of aryl methyl sites for hydroxylation is 4. The van der Waals surface area contributed by atoms with Crippen molar-refractivity contribution in [2.45, 2.75) is 20.8 Å². The predicted octanol–water partition coefficient (Wildman–Crippen LogP) is 12.5. The molecular formula is C53H39IrN5O3+. The Bertz CT molecular complexity index is 3410. The van der Waals surface area contributed by atoms with E-state index in [9.17, 15) is 0 Å². The van der Waals surface area contributed by atoms with E-state index in [2.05, 4.69) is 80.0 Å². The molecule has 0 spiro atoms. The van der Waals surface area contributed by atoms with Crippen molar-refractivity contribution in [2.75, 3.05) is 0 Å². The van der Waals surface area contributed by atoms with Crippen molar-refractivity contribution in [2.24, 2.45) is 7.05 Å². The third-order valence-electron chi connectivity index (χ3n) is 10.1. The van der Waals surface area contributed by atoms with E-state index in [0.29, 0.717) is 11.4 Å². The zero-order valence-corrected chi connectivity index (χ0v) is 36.8. The van der Waals surface area contributed by atoms with Crippen LogP contribution in [0.5, 0.6) is 0 Å². The van der Waals surface area contributed by atoms with Crippen molar-refractivity contribution in [3.63, 3.8) is 0 Å². The molecule has 0 aliphatic carbocycles. The van der Waals surface area contributed by atoms with Crippen LogP contribution in [-0.4, -0.2) is 19.9 Å². The van der Waals surface area contributed by atoms with Crippen LogP contribution in [0.1, 0.15) is 17.0 Å². The van der Waals surface area contributed by atoms with Gasteiger partial charge in [0.25, 0.3) is 0 Å². The first-order valence-electron chi connectivity index (χ1n) is 19.8. The van der Waals surface area contributed by atoms with E-state index in [4.69, 9.17) is 13.3 Å².